The lowest BCUT2D eigenvalue weighted by molar-refractivity contribution is -0.385. The summed E-state index contributed by atoms with van der Waals surface area (Å²) >= 11 is 0. The molecule has 3 rings (SSSR count). The van der Waals surface area contributed by atoms with Gasteiger partial charge in [-0.25, -0.2) is 4.39 Å². The quantitative estimate of drug-likeness (QED) is 0.373. The number of ether oxygens (including phenoxy) is 1. The van der Waals surface area contributed by atoms with E-state index < -0.39 is 4.92 Å². The maximum Gasteiger partial charge on any atom is 0.311 e. The number of nitro groups is 1. The first kappa shape index (κ1) is 16.3. The Bertz CT molecular complexity index is 921. The predicted molar refractivity (Wildman–Crippen MR) is 90.4 cm³/mol. The minimum atomic E-state index is -0.573. The number of halogens is 1. The molecule has 3 aromatic rings. The average Bonchev–Trinajstić information content (AvgIpc) is 2.63. The molecule has 0 aliphatic rings. The van der Waals surface area contributed by atoms with Gasteiger partial charge in [0.15, 0.2) is 0 Å². The highest BCUT2D eigenvalue weighted by Gasteiger charge is 2.16. The van der Waals surface area contributed by atoms with E-state index in [0.29, 0.717) is 12.0 Å². The molecule has 5 nitrogen and oxygen atoms in total. The van der Waals surface area contributed by atoms with E-state index in [1.807, 2.05) is 0 Å². The molecular weight excluding hydrogens is 325 g/mol. The summed E-state index contributed by atoms with van der Waals surface area (Å²) in [7, 11) is 0. The highest BCUT2D eigenvalue weighted by atomic mass is 19.1. The van der Waals surface area contributed by atoms with Crippen LogP contribution >= 0.6 is 0 Å². The fraction of sp³-hybridized carbons (Fsp3) is 0. The third-order valence-electron chi connectivity index (χ3n) is 3.58. The van der Waals surface area contributed by atoms with Gasteiger partial charge in [-0.05, 0) is 47.5 Å². The van der Waals surface area contributed by atoms with E-state index >= 15 is 0 Å². The second-order valence-electron chi connectivity index (χ2n) is 5.24. The van der Waals surface area contributed by atoms with E-state index in [1.165, 1.54) is 30.3 Å². The monoisotopic (exact) mass is 337 g/mol. The Morgan fingerprint density at radius 2 is 1.52 bits per heavy atom. The van der Waals surface area contributed by atoms with Crippen LogP contribution in [0.4, 0.5) is 10.1 Å². The van der Waals surface area contributed by atoms with E-state index in [1.54, 1.807) is 36.4 Å². The standard InChI is InChI=1S/C19H12FNO4/c20-16-6-2-14(3-7-16)15-4-8-17(9-5-15)25-19-11-13(12-22)1-10-18(19)21(23)24/h1-12H. The highest BCUT2D eigenvalue weighted by Crippen LogP contribution is 2.33. The topological polar surface area (TPSA) is 69.4 Å². The second-order valence-corrected chi connectivity index (χ2v) is 5.24. The molecule has 0 aliphatic heterocycles. The maximum absolute atomic E-state index is 13.0. The number of benzene rings is 3. The molecule has 0 spiro atoms. The van der Waals surface area contributed by atoms with Crippen LogP contribution < -0.4 is 4.74 Å². The number of nitrogens with zero attached hydrogens (tertiary/aromatic N) is 1. The smallest absolute Gasteiger partial charge is 0.311 e. The Morgan fingerprint density at radius 3 is 2.08 bits per heavy atom. The zero-order valence-electron chi connectivity index (χ0n) is 12.9. The van der Waals surface area contributed by atoms with Crippen LogP contribution in [0.25, 0.3) is 11.1 Å². The van der Waals surface area contributed by atoms with Crippen LogP contribution in [-0.2, 0) is 0 Å². The van der Waals surface area contributed by atoms with E-state index in [-0.39, 0.29) is 22.8 Å². The fourth-order valence-electron chi connectivity index (χ4n) is 2.32. The van der Waals surface area contributed by atoms with Crippen molar-refractivity contribution < 1.29 is 18.8 Å². The van der Waals surface area contributed by atoms with E-state index in [0.717, 1.165) is 11.1 Å². The predicted octanol–water partition coefficient (Wildman–Crippen LogP) is 5.01. The van der Waals surface area contributed by atoms with Crippen molar-refractivity contribution >= 4 is 12.0 Å². The van der Waals surface area contributed by atoms with Gasteiger partial charge in [0.05, 0.1) is 4.92 Å². The summed E-state index contributed by atoms with van der Waals surface area (Å²) in [5, 5.41) is 11.1. The van der Waals surface area contributed by atoms with Crippen LogP contribution in [0.3, 0.4) is 0 Å². The van der Waals surface area contributed by atoms with Gasteiger partial charge in [0, 0.05) is 11.6 Å². The van der Waals surface area contributed by atoms with Crippen molar-refractivity contribution in [2.24, 2.45) is 0 Å². The Balaban J connectivity index is 1.87. The molecule has 0 aliphatic carbocycles. The van der Waals surface area contributed by atoms with Gasteiger partial charge in [0.25, 0.3) is 0 Å². The summed E-state index contributed by atoms with van der Waals surface area (Å²) < 4.78 is 18.5. The molecule has 6 heteroatoms. The number of hydrogen-bond donors (Lipinski definition) is 0. The Morgan fingerprint density at radius 1 is 0.920 bits per heavy atom. The lowest BCUT2D eigenvalue weighted by Gasteiger charge is -2.08. The Labute approximate surface area is 142 Å². The third-order valence-corrected chi connectivity index (χ3v) is 3.58. The molecule has 3 aromatic carbocycles. The Hall–Kier alpha value is -3.54. The van der Waals surface area contributed by atoms with Gasteiger partial charge in [-0.2, -0.15) is 0 Å². The summed E-state index contributed by atoms with van der Waals surface area (Å²) in [6.45, 7) is 0. The number of hydrogen-bond acceptors (Lipinski definition) is 4. The molecule has 0 atom stereocenters. The first-order chi connectivity index (χ1) is 12.1. The molecule has 0 saturated heterocycles. The lowest BCUT2D eigenvalue weighted by atomic mass is 10.1. The fourth-order valence-corrected chi connectivity index (χ4v) is 2.32. The number of nitro benzene ring substituents is 1. The lowest BCUT2D eigenvalue weighted by Crippen LogP contribution is -1.95. The molecule has 0 bridgehead atoms. The summed E-state index contributed by atoms with van der Waals surface area (Å²) in [5.74, 6) is 0.0622. The molecular formula is C19H12FNO4. The Kier molecular flexibility index (Phi) is 4.52. The van der Waals surface area contributed by atoms with Crippen LogP contribution in [0.2, 0.25) is 0 Å². The van der Waals surface area contributed by atoms with Crippen molar-refractivity contribution in [2.75, 3.05) is 0 Å². The molecule has 0 aromatic heterocycles. The maximum atomic E-state index is 13.0. The average molecular weight is 337 g/mol. The van der Waals surface area contributed by atoms with Crippen LogP contribution in [0, 0.1) is 15.9 Å². The minimum Gasteiger partial charge on any atom is -0.450 e. The van der Waals surface area contributed by atoms with Crippen LogP contribution in [0.5, 0.6) is 11.5 Å². The number of carbonyl (C=O) groups is 1. The SMILES string of the molecule is O=Cc1ccc([N+](=O)[O-])c(Oc2ccc(-c3ccc(F)cc3)cc2)c1. The van der Waals surface area contributed by atoms with Crippen molar-refractivity contribution in [1.82, 2.24) is 0 Å². The normalized spacial score (nSPS) is 10.3. The third kappa shape index (κ3) is 3.69. The first-order valence-electron chi connectivity index (χ1n) is 7.34. The van der Waals surface area contributed by atoms with Gasteiger partial charge in [0.1, 0.15) is 17.9 Å². The first-order valence-corrected chi connectivity index (χ1v) is 7.34. The van der Waals surface area contributed by atoms with Gasteiger partial charge in [-0.3, -0.25) is 14.9 Å². The van der Waals surface area contributed by atoms with Gasteiger partial charge < -0.3 is 4.74 Å². The van der Waals surface area contributed by atoms with Crippen molar-refractivity contribution in [3.8, 4) is 22.6 Å². The van der Waals surface area contributed by atoms with Crippen molar-refractivity contribution in [3.05, 3.63) is 88.2 Å². The van der Waals surface area contributed by atoms with Gasteiger partial charge in [0.2, 0.25) is 5.75 Å². The summed E-state index contributed by atoms with van der Waals surface area (Å²) in [4.78, 5) is 21.4. The van der Waals surface area contributed by atoms with Crippen LogP contribution in [0.15, 0.2) is 66.7 Å². The van der Waals surface area contributed by atoms with E-state index in [4.69, 9.17) is 4.74 Å². The van der Waals surface area contributed by atoms with Gasteiger partial charge in [-0.1, -0.05) is 24.3 Å². The zero-order chi connectivity index (χ0) is 17.8. The molecule has 0 heterocycles. The molecule has 0 amide bonds. The van der Waals surface area contributed by atoms with Crippen LogP contribution in [-0.4, -0.2) is 11.2 Å². The number of carbonyl (C=O) groups excluding carboxylic acids is 1. The molecule has 0 fully saturated rings. The summed E-state index contributed by atoms with van der Waals surface area (Å²) in [5.41, 5.74) is 1.74. The van der Waals surface area contributed by atoms with Crippen LogP contribution in [0.1, 0.15) is 10.4 Å². The van der Waals surface area contributed by atoms with Gasteiger partial charge in [-0.15, -0.1) is 0 Å². The second kappa shape index (κ2) is 6.92. The highest BCUT2D eigenvalue weighted by molar-refractivity contribution is 5.77. The molecule has 0 saturated carbocycles. The minimum absolute atomic E-state index is 0.0101. The van der Waals surface area contributed by atoms with Crippen molar-refractivity contribution in [2.45, 2.75) is 0 Å². The molecule has 25 heavy (non-hydrogen) atoms. The number of rotatable bonds is 5. The molecule has 0 N–H and O–H groups in total. The zero-order valence-corrected chi connectivity index (χ0v) is 12.9. The molecule has 0 radical (unpaired) electrons. The van der Waals surface area contributed by atoms with Crippen molar-refractivity contribution in [3.63, 3.8) is 0 Å². The van der Waals surface area contributed by atoms with Crippen molar-refractivity contribution in [1.29, 1.82) is 0 Å². The summed E-state index contributed by atoms with van der Waals surface area (Å²) in [6.07, 6.45) is 0.591. The van der Waals surface area contributed by atoms with E-state index in [9.17, 15) is 19.3 Å². The van der Waals surface area contributed by atoms with E-state index in [2.05, 4.69) is 0 Å². The summed E-state index contributed by atoms with van der Waals surface area (Å²) in [6, 6.07) is 16.8. The number of aldehydes is 1. The largest absolute Gasteiger partial charge is 0.450 e. The van der Waals surface area contributed by atoms with Gasteiger partial charge >= 0.3 is 5.69 Å². The molecule has 0 unspecified atom stereocenters. The molecule has 124 valence electrons.